The van der Waals surface area contributed by atoms with Crippen molar-refractivity contribution in [2.45, 2.75) is 45.2 Å². The SMILES string of the molecule is CCC(C)(C)NC(=O)C(N)CCOC. The van der Waals surface area contributed by atoms with Gasteiger partial charge < -0.3 is 15.8 Å². The lowest BCUT2D eigenvalue weighted by atomic mass is 10.0. The Hall–Kier alpha value is -0.610. The first kappa shape index (κ1) is 13.4. The summed E-state index contributed by atoms with van der Waals surface area (Å²) < 4.78 is 4.86. The lowest BCUT2D eigenvalue weighted by Gasteiger charge is -2.26. The van der Waals surface area contributed by atoms with Gasteiger partial charge in [-0.15, -0.1) is 0 Å². The van der Waals surface area contributed by atoms with Gasteiger partial charge in [0.15, 0.2) is 0 Å². The zero-order chi connectivity index (χ0) is 11.2. The van der Waals surface area contributed by atoms with Gasteiger partial charge in [-0.05, 0) is 26.7 Å². The predicted octanol–water partition coefficient (Wildman–Crippen LogP) is 0.655. The second-order valence-corrected chi connectivity index (χ2v) is 4.11. The Morgan fingerprint density at radius 3 is 2.57 bits per heavy atom. The quantitative estimate of drug-likeness (QED) is 0.665. The number of carbonyl (C=O) groups is 1. The molecule has 0 spiro atoms. The molecule has 0 rings (SSSR count). The highest BCUT2D eigenvalue weighted by Crippen LogP contribution is 2.07. The molecule has 0 saturated heterocycles. The molecule has 1 atom stereocenters. The molecule has 4 nitrogen and oxygen atoms in total. The molecular weight excluding hydrogens is 180 g/mol. The van der Waals surface area contributed by atoms with E-state index in [0.717, 1.165) is 6.42 Å². The average Bonchev–Trinajstić information content (AvgIpc) is 2.13. The summed E-state index contributed by atoms with van der Waals surface area (Å²) in [4.78, 5) is 11.5. The Labute approximate surface area is 86.2 Å². The van der Waals surface area contributed by atoms with E-state index in [1.165, 1.54) is 0 Å². The van der Waals surface area contributed by atoms with Gasteiger partial charge in [0.2, 0.25) is 5.91 Å². The predicted molar refractivity (Wildman–Crippen MR) is 57.0 cm³/mol. The molecule has 0 heterocycles. The lowest BCUT2D eigenvalue weighted by Crippen LogP contribution is -2.50. The van der Waals surface area contributed by atoms with Gasteiger partial charge in [0, 0.05) is 19.3 Å². The van der Waals surface area contributed by atoms with Crippen LogP contribution in [0.15, 0.2) is 0 Å². The van der Waals surface area contributed by atoms with E-state index in [9.17, 15) is 4.79 Å². The van der Waals surface area contributed by atoms with E-state index < -0.39 is 6.04 Å². The van der Waals surface area contributed by atoms with Crippen molar-refractivity contribution in [1.82, 2.24) is 5.32 Å². The molecule has 0 bridgehead atoms. The Balaban J connectivity index is 3.95. The lowest BCUT2D eigenvalue weighted by molar-refractivity contribution is -0.124. The Morgan fingerprint density at radius 1 is 1.57 bits per heavy atom. The fourth-order valence-electron chi connectivity index (χ4n) is 0.891. The van der Waals surface area contributed by atoms with E-state index in [1.807, 2.05) is 20.8 Å². The first-order valence-corrected chi connectivity index (χ1v) is 4.99. The van der Waals surface area contributed by atoms with Crippen LogP contribution < -0.4 is 11.1 Å². The summed E-state index contributed by atoms with van der Waals surface area (Å²) in [7, 11) is 1.60. The molecule has 0 aliphatic heterocycles. The minimum Gasteiger partial charge on any atom is -0.385 e. The third kappa shape index (κ3) is 5.19. The van der Waals surface area contributed by atoms with Gasteiger partial charge in [-0.1, -0.05) is 6.92 Å². The normalized spacial score (nSPS) is 13.8. The molecule has 84 valence electrons. The van der Waals surface area contributed by atoms with Crippen molar-refractivity contribution in [2.24, 2.45) is 5.73 Å². The van der Waals surface area contributed by atoms with Crippen LogP contribution in [0.2, 0.25) is 0 Å². The first-order valence-electron chi connectivity index (χ1n) is 4.99. The Bertz CT molecular complexity index is 181. The minimum atomic E-state index is -0.472. The highest BCUT2D eigenvalue weighted by atomic mass is 16.5. The van der Waals surface area contributed by atoms with Crippen molar-refractivity contribution in [2.75, 3.05) is 13.7 Å². The standard InChI is InChI=1S/C10H22N2O2/c1-5-10(2,3)12-9(13)8(11)6-7-14-4/h8H,5-7,11H2,1-4H3,(H,12,13). The maximum absolute atomic E-state index is 11.5. The number of ether oxygens (including phenoxy) is 1. The van der Waals surface area contributed by atoms with Crippen LogP contribution in [0.5, 0.6) is 0 Å². The fourth-order valence-corrected chi connectivity index (χ4v) is 0.891. The van der Waals surface area contributed by atoms with E-state index in [2.05, 4.69) is 5.32 Å². The summed E-state index contributed by atoms with van der Waals surface area (Å²) in [6.07, 6.45) is 1.44. The van der Waals surface area contributed by atoms with Crippen molar-refractivity contribution >= 4 is 5.91 Å². The summed E-state index contributed by atoms with van der Waals surface area (Å²) >= 11 is 0. The van der Waals surface area contributed by atoms with Crippen LogP contribution in [0.3, 0.4) is 0 Å². The summed E-state index contributed by atoms with van der Waals surface area (Å²) in [5, 5.41) is 2.90. The van der Waals surface area contributed by atoms with Gasteiger partial charge >= 0.3 is 0 Å². The maximum atomic E-state index is 11.5. The van der Waals surface area contributed by atoms with Crippen molar-refractivity contribution in [1.29, 1.82) is 0 Å². The van der Waals surface area contributed by atoms with Crippen LogP contribution >= 0.6 is 0 Å². The van der Waals surface area contributed by atoms with Gasteiger partial charge in [0.25, 0.3) is 0 Å². The number of hydrogen-bond donors (Lipinski definition) is 2. The number of methoxy groups -OCH3 is 1. The average molecular weight is 202 g/mol. The summed E-state index contributed by atoms with van der Waals surface area (Å²) in [5.41, 5.74) is 5.49. The van der Waals surface area contributed by atoms with Crippen LogP contribution in [0.25, 0.3) is 0 Å². The largest absolute Gasteiger partial charge is 0.385 e. The summed E-state index contributed by atoms with van der Waals surface area (Å²) in [6, 6.07) is -0.472. The Kier molecular flexibility index (Phi) is 5.72. The zero-order valence-electron chi connectivity index (χ0n) is 9.59. The molecule has 0 fully saturated rings. The van der Waals surface area contributed by atoms with E-state index in [0.29, 0.717) is 13.0 Å². The number of amides is 1. The van der Waals surface area contributed by atoms with E-state index >= 15 is 0 Å². The third-order valence-electron chi connectivity index (χ3n) is 2.32. The van der Waals surface area contributed by atoms with Gasteiger partial charge in [-0.3, -0.25) is 4.79 Å². The highest BCUT2D eigenvalue weighted by Gasteiger charge is 2.21. The topological polar surface area (TPSA) is 64.4 Å². The molecule has 0 aromatic carbocycles. The molecule has 1 unspecified atom stereocenters. The molecule has 0 aliphatic carbocycles. The van der Waals surface area contributed by atoms with Crippen molar-refractivity contribution in [3.63, 3.8) is 0 Å². The molecule has 1 amide bonds. The van der Waals surface area contributed by atoms with E-state index in [1.54, 1.807) is 7.11 Å². The number of carbonyl (C=O) groups excluding carboxylic acids is 1. The molecular formula is C10H22N2O2. The maximum Gasteiger partial charge on any atom is 0.237 e. The third-order valence-corrected chi connectivity index (χ3v) is 2.32. The van der Waals surface area contributed by atoms with Gasteiger partial charge in [0.1, 0.15) is 0 Å². The molecule has 4 heteroatoms. The molecule has 0 saturated carbocycles. The number of hydrogen-bond acceptors (Lipinski definition) is 3. The molecule has 0 aromatic rings. The van der Waals surface area contributed by atoms with Crippen molar-refractivity contribution < 1.29 is 9.53 Å². The number of nitrogens with two attached hydrogens (primary N) is 1. The second-order valence-electron chi connectivity index (χ2n) is 4.11. The van der Waals surface area contributed by atoms with Crippen LogP contribution in [0.4, 0.5) is 0 Å². The van der Waals surface area contributed by atoms with Gasteiger partial charge in [-0.25, -0.2) is 0 Å². The van der Waals surface area contributed by atoms with Crippen LogP contribution in [0, 0.1) is 0 Å². The fraction of sp³-hybridized carbons (Fsp3) is 0.900. The van der Waals surface area contributed by atoms with Crippen LogP contribution in [-0.2, 0) is 9.53 Å². The van der Waals surface area contributed by atoms with Gasteiger partial charge in [-0.2, -0.15) is 0 Å². The molecule has 0 radical (unpaired) electrons. The zero-order valence-corrected chi connectivity index (χ0v) is 9.59. The molecule has 0 aromatic heterocycles. The Morgan fingerprint density at radius 2 is 2.14 bits per heavy atom. The monoisotopic (exact) mass is 202 g/mol. The molecule has 3 N–H and O–H groups in total. The van der Waals surface area contributed by atoms with Crippen LogP contribution in [-0.4, -0.2) is 31.2 Å². The minimum absolute atomic E-state index is 0.103. The molecule has 0 aliphatic rings. The highest BCUT2D eigenvalue weighted by molar-refractivity contribution is 5.82. The first-order chi connectivity index (χ1) is 6.43. The summed E-state index contributed by atoms with van der Waals surface area (Å²) in [6.45, 7) is 6.50. The number of nitrogens with one attached hydrogen (secondary N) is 1. The van der Waals surface area contributed by atoms with E-state index in [4.69, 9.17) is 10.5 Å². The summed E-state index contributed by atoms with van der Waals surface area (Å²) in [5.74, 6) is -0.103. The van der Waals surface area contributed by atoms with Crippen molar-refractivity contribution in [3.05, 3.63) is 0 Å². The number of rotatable bonds is 6. The van der Waals surface area contributed by atoms with Gasteiger partial charge in [0.05, 0.1) is 6.04 Å². The van der Waals surface area contributed by atoms with Crippen molar-refractivity contribution in [3.8, 4) is 0 Å². The van der Waals surface area contributed by atoms with Crippen LogP contribution in [0.1, 0.15) is 33.6 Å². The smallest absolute Gasteiger partial charge is 0.237 e. The molecule has 14 heavy (non-hydrogen) atoms. The second kappa shape index (κ2) is 5.98. The van der Waals surface area contributed by atoms with E-state index in [-0.39, 0.29) is 11.4 Å².